The number of nitrogens with zero attached hydrogens (tertiary/aromatic N) is 2. The zero-order valence-corrected chi connectivity index (χ0v) is 14.5. The van der Waals surface area contributed by atoms with Gasteiger partial charge in [0.05, 0.1) is 13.2 Å². The summed E-state index contributed by atoms with van der Waals surface area (Å²) in [6.07, 6.45) is 0.414. The molecule has 1 unspecified atom stereocenters. The fourth-order valence-corrected chi connectivity index (χ4v) is 3.16. The Balaban J connectivity index is 1.51. The van der Waals surface area contributed by atoms with Crippen molar-refractivity contribution in [3.05, 3.63) is 35.1 Å². The first-order chi connectivity index (χ1) is 12.0. The Morgan fingerprint density at radius 1 is 1.24 bits per heavy atom. The zero-order valence-electron chi connectivity index (χ0n) is 14.5. The van der Waals surface area contributed by atoms with Gasteiger partial charge in [0.1, 0.15) is 5.82 Å². The van der Waals surface area contributed by atoms with Crippen LogP contribution in [0.25, 0.3) is 0 Å². The summed E-state index contributed by atoms with van der Waals surface area (Å²) < 4.78 is 19.0. The van der Waals surface area contributed by atoms with Crippen molar-refractivity contribution in [2.24, 2.45) is 0 Å². The van der Waals surface area contributed by atoms with Crippen LogP contribution < -0.4 is 5.32 Å². The molecule has 1 atom stereocenters. The maximum Gasteiger partial charge on any atom is 0.254 e. The molecule has 0 aliphatic carbocycles. The van der Waals surface area contributed by atoms with Gasteiger partial charge in [0.2, 0.25) is 5.91 Å². The summed E-state index contributed by atoms with van der Waals surface area (Å²) >= 11 is 0. The number of amides is 2. The minimum atomic E-state index is -0.373. The summed E-state index contributed by atoms with van der Waals surface area (Å²) in [5.74, 6) is -0.480. The Bertz CT molecular complexity index is 638. The number of hydrogen-bond donors (Lipinski definition) is 1. The van der Waals surface area contributed by atoms with Crippen molar-refractivity contribution < 1.29 is 18.7 Å². The van der Waals surface area contributed by atoms with Gasteiger partial charge in [0.15, 0.2) is 0 Å². The number of hydrogen-bond acceptors (Lipinski definition) is 4. The highest BCUT2D eigenvalue weighted by atomic mass is 19.1. The first kappa shape index (κ1) is 17.8. The van der Waals surface area contributed by atoms with Gasteiger partial charge in [0.25, 0.3) is 5.91 Å². The molecule has 25 heavy (non-hydrogen) atoms. The van der Waals surface area contributed by atoms with Crippen molar-refractivity contribution in [1.29, 1.82) is 0 Å². The largest absolute Gasteiger partial charge is 0.378 e. The summed E-state index contributed by atoms with van der Waals surface area (Å²) in [6, 6.07) is 4.61. The Kier molecular flexibility index (Phi) is 5.65. The van der Waals surface area contributed by atoms with Gasteiger partial charge in [-0.2, -0.15) is 0 Å². The van der Waals surface area contributed by atoms with Gasteiger partial charge in [0, 0.05) is 50.7 Å². The maximum absolute atomic E-state index is 13.7. The Morgan fingerprint density at radius 3 is 2.60 bits per heavy atom. The van der Waals surface area contributed by atoms with E-state index in [1.54, 1.807) is 28.9 Å². The van der Waals surface area contributed by atoms with E-state index in [1.165, 1.54) is 6.07 Å². The topological polar surface area (TPSA) is 61.9 Å². The predicted molar refractivity (Wildman–Crippen MR) is 90.8 cm³/mol. The quantitative estimate of drug-likeness (QED) is 0.877. The Morgan fingerprint density at radius 2 is 1.96 bits per heavy atom. The summed E-state index contributed by atoms with van der Waals surface area (Å²) in [5, 5.41) is 3.27. The number of carbonyl (C=O) groups excluding carboxylic acids is 2. The average molecular weight is 349 g/mol. The van der Waals surface area contributed by atoms with Gasteiger partial charge in [-0.25, -0.2) is 4.39 Å². The lowest BCUT2D eigenvalue weighted by Crippen LogP contribution is -2.52. The van der Waals surface area contributed by atoms with Crippen LogP contribution in [0.1, 0.15) is 22.3 Å². The van der Waals surface area contributed by atoms with Crippen LogP contribution in [0.4, 0.5) is 4.39 Å². The molecule has 7 heteroatoms. The number of nitrogens with one attached hydrogen (secondary N) is 1. The molecular weight excluding hydrogens is 325 g/mol. The van der Waals surface area contributed by atoms with Crippen molar-refractivity contribution in [2.75, 3.05) is 45.9 Å². The van der Waals surface area contributed by atoms with Crippen molar-refractivity contribution >= 4 is 11.8 Å². The summed E-state index contributed by atoms with van der Waals surface area (Å²) in [7, 11) is 0. The third kappa shape index (κ3) is 4.35. The standard InChI is InChI=1S/C18H24FN3O3/c1-13-2-3-14(10-16(13)19)18(24)22-7-5-21(6-8-22)17(23)11-15-12-25-9-4-20-15/h2-3,10,15,20H,4-9,11-12H2,1H3. The van der Waals surface area contributed by atoms with E-state index in [0.29, 0.717) is 56.9 Å². The van der Waals surface area contributed by atoms with E-state index in [0.717, 1.165) is 6.54 Å². The Hall–Kier alpha value is -1.99. The number of morpholine rings is 1. The Labute approximate surface area is 146 Å². The lowest BCUT2D eigenvalue weighted by Gasteiger charge is -2.36. The second kappa shape index (κ2) is 7.93. The lowest BCUT2D eigenvalue weighted by atomic mass is 10.1. The van der Waals surface area contributed by atoms with Gasteiger partial charge in [-0.05, 0) is 24.6 Å². The zero-order chi connectivity index (χ0) is 17.8. The monoisotopic (exact) mass is 349 g/mol. The molecule has 2 amide bonds. The van der Waals surface area contributed by atoms with Crippen molar-refractivity contribution in [3.8, 4) is 0 Å². The minimum absolute atomic E-state index is 0.0662. The smallest absolute Gasteiger partial charge is 0.254 e. The fraction of sp³-hybridized carbons (Fsp3) is 0.556. The number of carbonyl (C=O) groups is 2. The average Bonchev–Trinajstić information content (AvgIpc) is 2.64. The fourth-order valence-electron chi connectivity index (χ4n) is 3.16. The molecule has 1 aromatic carbocycles. The number of aryl methyl sites for hydroxylation is 1. The highest BCUT2D eigenvalue weighted by Gasteiger charge is 2.27. The number of halogens is 1. The molecular formula is C18H24FN3O3. The summed E-state index contributed by atoms with van der Waals surface area (Å²) in [5.41, 5.74) is 0.874. The third-order valence-corrected chi connectivity index (χ3v) is 4.76. The van der Waals surface area contributed by atoms with E-state index >= 15 is 0 Å². The second-order valence-corrected chi connectivity index (χ2v) is 6.57. The van der Waals surface area contributed by atoms with E-state index in [2.05, 4.69) is 5.32 Å². The molecule has 1 N–H and O–H groups in total. The van der Waals surface area contributed by atoms with Crippen LogP contribution in [0.5, 0.6) is 0 Å². The SMILES string of the molecule is Cc1ccc(C(=O)N2CCN(C(=O)CC3COCCN3)CC2)cc1F. The molecule has 2 aliphatic heterocycles. The van der Waals surface area contributed by atoms with Gasteiger partial charge < -0.3 is 19.9 Å². The molecule has 0 radical (unpaired) electrons. The highest BCUT2D eigenvalue weighted by Crippen LogP contribution is 2.14. The van der Waals surface area contributed by atoms with Crippen LogP contribution in [0, 0.1) is 12.7 Å². The number of ether oxygens (including phenoxy) is 1. The summed E-state index contributed by atoms with van der Waals surface area (Å²) in [4.78, 5) is 28.3. The molecule has 2 fully saturated rings. The highest BCUT2D eigenvalue weighted by molar-refractivity contribution is 5.94. The van der Waals surface area contributed by atoms with Crippen LogP contribution in [-0.4, -0.2) is 73.6 Å². The van der Waals surface area contributed by atoms with Crippen LogP contribution in [0.3, 0.4) is 0 Å². The van der Waals surface area contributed by atoms with Gasteiger partial charge in [-0.15, -0.1) is 0 Å². The van der Waals surface area contributed by atoms with Crippen molar-refractivity contribution in [1.82, 2.24) is 15.1 Å². The first-order valence-corrected chi connectivity index (χ1v) is 8.69. The molecule has 6 nitrogen and oxygen atoms in total. The minimum Gasteiger partial charge on any atom is -0.378 e. The van der Waals surface area contributed by atoms with Gasteiger partial charge in [-0.3, -0.25) is 9.59 Å². The van der Waals surface area contributed by atoms with E-state index < -0.39 is 0 Å². The molecule has 0 aromatic heterocycles. The predicted octanol–water partition coefficient (Wildman–Crippen LogP) is 0.797. The molecule has 1 aromatic rings. The van der Waals surface area contributed by atoms with E-state index in [4.69, 9.17) is 4.74 Å². The molecule has 2 aliphatic rings. The molecule has 136 valence electrons. The third-order valence-electron chi connectivity index (χ3n) is 4.76. The number of benzene rings is 1. The van der Waals surface area contributed by atoms with Gasteiger partial charge >= 0.3 is 0 Å². The van der Waals surface area contributed by atoms with Crippen LogP contribution in [0.15, 0.2) is 18.2 Å². The van der Waals surface area contributed by atoms with E-state index in [-0.39, 0.29) is 23.7 Å². The van der Waals surface area contributed by atoms with Crippen LogP contribution in [-0.2, 0) is 9.53 Å². The van der Waals surface area contributed by atoms with Crippen LogP contribution >= 0.6 is 0 Å². The van der Waals surface area contributed by atoms with Crippen molar-refractivity contribution in [3.63, 3.8) is 0 Å². The van der Waals surface area contributed by atoms with E-state index in [9.17, 15) is 14.0 Å². The summed E-state index contributed by atoms with van der Waals surface area (Å²) in [6.45, 7) is 5.63. The molecule has 0 saturated carbocycles. The molecule has 3 rings (SSSR count). The van der Waals surface area contributed by atoms with Crippen molar-refractivity contribution in [2.45, 2.75) is 19.4 Å². The molecule has 2 saturated heterocycles. The molecule has 0 spiro atoms. The second-order valence-electron chi connectivity index (χ2n) is 6.57. The number of piperazine rings is 1. The molecule has 2 heterocycles. The lowest BCUT2D eigenvalue weighted by molar-refractivity contribution is -0.133. The maximum atomic E-state index is 13.7. The van der Waals surface area contributed by atoms with Gasteiger partial charge in [-0.1, -0.05) is 6.07 Å². The normalized spacial score (nSPS) is 21.3. The molecule has 0 bridgehead atoms. The van der Waals surface area contributed by atoms with Crippen LogP contribution in [0.2, 0.25) is 0 Å². The number of rotatable bonds is 3. The first-order valence-electron chi connectivity index (χ1n) is 8.69. The van der Waals surface area contributed by atoms with E-state index in [1.807, 2.05) is 0 Å².